The standard InChI is InChI=1S/C11H19NO4S/c1-4-16-9(13)5-8-6-17-11(7(2)3)10(8)12(14)15/h7-8,10-11H,4-6H2,1-3H3. The maximum absolute atomic E-state index is 11.4. The van der Waals surface area contributed by atoms with Crippen LogP contribution in [0.25, 0.3) is 0 Å². The number of nitrogens with zero attached hydrogens (tertiary/aromatic N) is 1. The fourth-order valence-electron chi connectivity index (χ4n) is 2.19. The lowest BCUT2D eigenvalue weighted by Gasteiger charge is -2.18. The minimum atomic E-state index is -0.621. The van der Waals surface area contributed by atoms with E-state index in [0.29, 0.717) is 12.4 Å². The molecule has 6 heteroatoms. The molecule has 0 amide bonds. The largest absolute Gasteiger partial charge is 0.466 e. The van der Waals surface area contributed by atoms with Crippen LogP contribution in [0.15, 0.2) is 0 Å². The second-order valence-electron chi connectivity index (χ2n) is 4.59. The topological polar surface area (TPSA) is 69.4 Å². The van der Waals surface area contributed by atoms with Crippen LogP contribution in [0, 0.1) is 22.0 Å². The third-order valence-corrected chi connectivity index (χ3v) is 4.79. The van der Waals surface area contributed by atoms with Gasteiger partial charge in [-0.05, 0) is 12.8 Å². The lowest BCUT2D eigenvalue weighted by Crippen LogP contribution is -2.37. The van der Waals surface area contributed by atoms with Crippen LogP contribution >= 0.6 is 11.8 Å². The molecule has 1 heterocycles. The minimum Gasteiger partial charge on any atom is -0.466 e. The predicted molar refractivity (Wildman–Crippen MR) is 66.6 cm³/mol. The molecular weight excluding hydrogens is 242 g/mol. The van der Waals surface area contributed by atoms with Gasteiger partial charge in [0.05, 0.1) is 18.3 Å². The molecule has 0 bridgehead atoms. The summed E-state index contributed by atoms with van der Waals surface area (Å²) in [6, 6.07) is -0.621. The highest BCUT2D eigenvalue weighted by Crippen LogP contribution is 2.39. The molecule has 1 rings (SSSR count). The van der Waals surface area contributed by atoms with Gasteiger partial charge >= 0.3 is 5.97 Å². The minimum absolute atomic E-state index is 0.00410. The Balaban J connectivity index is 2.66. The van der Waals surface area contributed by atoms with E-state index in [9.17, 15) is 14.9 Å². The van der Waals surface area contributed by atoms with E-state index in [1.54, 1.807) is 18.7 Å². The summed E-state index contributed by atoms with van der Waals surface area (Å²) in [6.07, 6.45) is 0.162. The molecule has 0 aromatic heterocycles. The lowest BCUT2D eigenvalue weighted by atomic mass is 9.91. The van der Waals surface area contributed by atoms with E-state index < -0.39 is 6.04 Å². The van der Waals surface area contributed by atoms with Gasteiger partial charge in [-0.15, -0.1) is 0 Å². The van der Waals surface area contributed by atoms with Crippen LogP contribution in [-0.4, -0.2) is 34.5 Å². The summed E-state index contributed by atoms with van der Waals surface area (Å²) in [6.45, 7) is 6.04. The highest BCUT2D eigenvalue weighted by Gasteiger charge is 2.47. The van der Waals surface area contributed by atoms with Gasteiger partial charge in [-0.25, -0.2) is 0 Å². The monoisotopic (exact) mass is 261 g/mol. The summed E-state index contributed by atoms with van der Waals surface area (Å²) in [7, 11) is 0. The van der Waals surface area contributed by atoms with E-state index in [1.165, 1.54) is 0 Å². The van der Waals surface area contributed by atoms with Gasteiger partial charge in [0.25, 0.3) is 0 Å². The predicted octanol–water partition coefficient (Wildman–Crippen LogP) is 1.97. The summed E-state index contributed by atoms with van der Waals surface area (Å²) < 4.78 is 4.86. The number of rotatable bonds is 5. The molecule has 0 N–H and O–H groups in total. The van der Waals surface area contributed by atoms with Crippen LogP contribution < -0.4 is 0 Å². The van der Waals surface area contributed by atoms with E-state index >= 15 is 0 Å². The van der Waals surface area contributed by atoms with Gasteiger partial charge in [-0.2, -0.15) is 11.8 Å². The Kier molecular flexibility index (Phi) is 5.24. The molecule has 0 spiro atoms. The van der Waals surface area contributed by atoms with Crippen LogP contribution in [0.3, 0.4) is 0 Å². The molecule has 0 aliphatic carbocycles. The molecule has 1 saturated heterocycles. The first-order valence-corrected chi connectivity index (χ1v) is 6.93. The fourth-order valence-corrected chi connectivity index (χ4v) is 3.88. The second-order valence-corrected chi connectivity index (χ2v) is 5.80. The maximum atomic E-state index is 11.4. The molecule has 17 heavy (non-hydrogen) atoms. The fraction of sp³-hybridized carbons (Fsp3) is 0.909. The van der Waals surface area contributed by atoms with Crippen LogP contribution in [0.4, 0.5) is 0 Å². The van der Waals surface area contributed by atoms with Crippen molar-refractivity contribution in [2.45, 2.75) is 38.5 Å². The number of carbonyl (C=O) groups excluding carboxylic acids is 1. The zero-order valence-electron chi connectivity index (χ0n) is 10.4. The molecule has 0 saturated carbocycles. The molecule has 3 atom stereocenters. The first-order chi connectivity index (χ1) is 7.97. The molecule has 98 valence electrons. The Hall–Kier alpha value is -0.780. The van der Waals surface area contributed by atoms with Crippen molar-refractivity contribution in [3.8, 4) is 0 Å². The SMILES string of the molecule is CCOC(=O)CC1CSC(C(C)C)C1[N+](=O)[O-]. The Bertz CT molecular complexity index is 295. The van der Waals surface area contributed by atoms with Crippen LogP contribution in [0.1, 0.15) is 27.2 Å². The van der Waals surface area contributed by atoms with Gasteiger partial charge in [0, 0.05) is 16.6 Å². The smallest absolute Gasteiger partial charge is 0.306 e. The average molecular weight is 261 g/mol. The van der Waals surface area contributed by atoms with Gasteiger partial charge < -0.3 is 4.74 Å². The Morgan fingerprint density at radius 2 is 2.24 bits per heavy atom. The molecule has 0 aromatic carbocycles. The third-order valence-electron chi connectivity index (χ3n) is 2.96. The molecule has 0 aromatic rings. The van der Waals surface area contributed by atoms with Crippen LogP contribution in [0.2, 0.25) is 0 Å². The molecule has 1 aliphatic heterocycles. The molecule has 5 nitrogen and oxygen atoms in total. The summed E-state index contributed by atoms with van der Waals surface area (Å²) in [4.78, 5) is 22.3. The van der Waals surface area contributed by atoms with Crippen molar-refractivity contribution in [3.05, 3.63) is 10.1 Å². The summed E-state index contributed by atoms with van der Waals surface area (Å²) in [5, 5.41) is 11.1. The Morgan fingerprint density at radius 1 is 1.59 bits per heavy atom. The van der Waals surface area contributed by atoms with E-state index in [1.807, 2.05) is 13.8 Å². The maximum Gasteiger partial charge on any atom is 0.306 e. The molecule has 1 fully saturated rings. The number of hydrogen-bond acceptors (Lipinski definition) is 5. The Morgan fingerprint density at radius 3 is 2.71 bits per heavy atom. The van der Waals surface area contributed by atoms with E-state index in [-0.39, 0.29) is 34.4 Å². The first kappa shape index (κ1) is 14.3. The lowest BCUT2D eigenvalue weighted by molar-refractivity contribution is -0.529. The first-order valence-electron chi connectivity index (χ1n) is 5.88. The molecule has 1 aliphatic rings. The van der Waals surface area contributed by atoms with Crippen LogP contribution in [0.5, 0.6) is 0 Å². The van der Waals surface area contributed by atoms with E-state index in [0.717, 1.165) is 0 Å². The molecular formula is C11H19NO4S. The number of thioether (sulfide) groups is 1. The highest BCUT2D eigenvalue weighted by atomic mass is 32.2. The second kappa shape index (κ2) is 6.23. The zero-order valence-corrected chi connectivity index (χ0v) is 11.2. The van der Waals surface area contributed by atoms with Crippen molar-refractivity contribution < 1.29 is 14.5 Å². The molecule has 3 unspecified atom stereocenters. The number of ether oxygens (including phenoxy) is 1. The van der Waals surface area contributed by atoms with E-state index in [4.69, 9.17) is 4.74 Å². The van der Waals surface area contributed by atoms with Gasteiger partial charge in [0.1, 0.15) is 0 Å². The summed E-state index contributed by atoms with van der Waals surface area (Å²) in [5.74, 6) is 0.409. The van der Waals surface area contributed by atoms with Crippen molar-refractivity contribution in [2.24, 2.45) is 11.8 Å². The van der Waals surface area contributed by atoms with Crippen molar-refractivity contribution in [1.82, 2.24) is 0 Å². The number of carbonyl (C=O) groups is 1. The van der Waals surface area contributed by atoms with Gasteiger partial charge in [0.15, 0.2) is 0 Å². The zero-order chi connectivity index (χ0) is 13.0. The van der Waals surface area contributed by atoms with Crippen molar-refractivity contribution in [1.29, 1.82) is 0 Å². The van der Waals surface area contributed by atoms with Gasteiger partial charge in [0.2, 0.25) is 6.04 Å². The van der Waals surface area contributed by atoms with Crippen molar-refractivity contribution in [3.63, 3.8) is 0 Å². The normalized spacial score (nSPS) is 28.4. The van der Waals surface area contributed by atoms with Crippen molar-refractivity contribution >= 4 is 17.7 Å². The van der Waals surface area contributed by atoms with Crippen molar-refractivity contribution in [2.75, 3.05) is 12.4 Å². The highest BCUT2D eigenvalue weighted by molar-refractivity contribution is 8.00. The average Bonchev–Trinajstić information content (AvgIpc) is 2.61. The summed E-state index contributed by atoms with van der Waals surface area (Å²) in [5.41, 5.74) is 0. The third kappa shape index (κ3) is 3.59. The molecule has 0 radical (unpaired) electrons. The number of hydrogen-bond donors (Lipinski definition) is 0. The van der Waals surface area contributed by atoms with Gasteiger partial charge in [-0.1, -0.05) is 13.8 Å². The number of nitro groups is 1. The quantitative estimate of drug-likeness (QED) is 0.430. The van der Waals surface area contributed by atoms with Crippen LogP contribution in [-0.2, 0) is 9.53 Å². The summed E-state index contributed by atoms with van der Waals surface area (Å²) >= 11 is 1.61. The number of esters is 1. The Labute approximate surface area is 105 Å². The van der Waals surface area contributed by atoms with Gasteiger partial charge in [-0.3, -0.25) is 14.9 Å². The van der Waals surface area contributed by atoms with E-state index in [2.05, 4.69) is 0 Å².